The molecule has 8 nitrogen and oxygen atoms in total. The van der Waals surface area contributed by atoms with Crippen LogP contribution in [-0.4, -0.2) is 65.3 Å². The first-order valence-corrected chi connectivity index (χ1v) is 12.8. The van der Waals surface area contributed by atoms with E-state index in [1.165, 1.54) is 59.2 Å². The highest BCUT2D eigenvalue weighted by Gasteiger charge is 2.38. The van der Waals surface area contributed by atoms with Crippen LogP contribution in [0.2, 0.25) is 10.0 Å². The molecular weight excluding hydrogens is 487 g/mol. The number of ether oxygens (including phenoxy) is 2. The molecule has 3 rings (SSSR count). The van der Waals surface area contributed by atoms with Crippen molar-refractivity contribution in [3.8, 4) is 11.5 Å². The summed E-state index contributed by atoms with van der Waals surface area (Å²) in [4.78, 5) is 0.0547. The molecule has 2 aromatic carbocycles. The number of methoxy groups -OCH3 is 2. The summed E-state index contributed by atoms with van der Waals surface area (Å²) in [6.07, 6.45) is 0. The van der Waals surface area contributed by atoms with E-state index in [1.54, 1.807) is 6.92 Å². The van der Waals surface area contributed by atoms with E-state index in [4.69, 9.17) is 32.7 Å². The monoisotopic (exact) mass is 508 g/mol. The molecule has 31 heavy (non-hydrogen) atoms. The summed E-state index contributed by atoms with van der Waals surface area (Å²) in [5, 5.41) is 0.591. The Hall–Kier alpha value is -1.56. The van der Waals surface area contributed by atoms with Crippen LogP contribution in [0, 0.1) is 0 Å². The van der Waals surface area contributed by atoms with Crippen molar-refractivity contribution in [2.75, 3.05) is 33.9 Å². The fourth-order valence-corrected chi connectivity index (χ4v) is 6.92. The Balaban J connectivity index is 1.85. The minimum Gasteiger partial charge on any atom is -0.495 e. The second-order valence-electron chi connectivity index (χ2n) is 6.92. The molecule has 0 unspecified atom stereocenters. The van der Waals surface area contributed by atoms with Gasteiger partial charge in [0.25, 0.3) is 0 Å². The van der Waals surface area contributed by atoms with Crippen LogP contribution >= 0.6 is 23.2 Å². The van der Waals surface area contributed by atoms with Gasteiger partial charge in [0.05, 0.1) is 34.1 Å². The highest BCUT2D eigenvalue weighted by Crippen LogP contribution is 2.32. The van der Waals surface area contributed by atoms with Crippen LogP contribution in [0.5, 0.6) is 11.5 Å². The Labute approximate surface area is 192 Å². The zero-order valence-electron chi connectivity index (χ0n) is 17.1. The first kappa shape index (κ1) is 24.1. The first-order valence-electron chi connectivity index (χ1n) is 9.21. The molecule has 1 aliphatic rings. The van der Waals surface area contributed by atoms with E-state index in [-0.39, 0.29) is 40.9 Å². The molecule has 170 valence electrons. The van der Waals surface area contributed by atoms with Crippen molar-refractivity contribution in [2.45, 2.75) is 22.8 Å². The lowest BCUT2D eigenvalue weighted by Gasteiger charge is -2.38. The van der Waals surface area contributed by atoms with Crippen molar-refractivity contribution < 1.29 is 26.3 Å². The molecule has 0 N–H and O–H groups in total. The van der Waals surface area contributed by atoms with Crippen LogP contribution in [0.25, 0.3) is 0 Å². The molecule has 1 fully saturated rings. The van der Waals surface area contributed by atoms with Crippen LogP contribution in [-0.2, 0) is 20.0 Å². The second-order valence-corrected chi connectivity index (χ2v) is 11.6. The lowest BCUT2D eigenvalue weighted by Crippen LogP contribution is -2.55. The lowest BCUT2D eigenvalue weighted by molar-refractivity contribution is 0.212. The van der Waals surface area contributed by atoms with Crippen molar-refractivity contribution in [3.05, 3.63) is 46.4 Å². The molecule has 0 aromatic heterocycles. The molecular formula is C19H22Cl2N2O6S2. The maximum atomic E-state index is 13.2. The van der Waals surface area contributed by atoms with E-state index in [0.29, 0.717) is 10.0 Å². The molecule has 1 saturated heterocycles. The molecule has 2 aromatic rings. The predicted octanol–water partition coefficient (Wildman–Crippen LogP) is 3.09. The van der Waals surface area contributed by atoms with Gasteiger partial charge in [0.15, 0.2) is 0 Å². The minimum atomic E-state index is -3.87. The zero-order valence-corrected chi connectivity index (χ0v) is 20.2. The van der Waals surface area contributed by atoms with Gasteiger partial charge < -0.3 is 9.47 Å². The van der Waals surface area contributed by atoms with Gasteiger partial charge in [0.1, 0.15) is 11.5 Å². The van der Waals surface area contributed by atoms with Gasteiger partial charge in [0.2, 0.25) is 20.0 Å². The number of halogens is 2. The summed E-state index contributed by atoms with van der Waals surface area (Å²) in [6.45, 7) is 1.66. The Morgan fingerprint density at radius 3 is 1.77 bits per heavy atom. The van der Waals surface area contributed by atoms with Crippen LogP contribution < -0.4 is 9.47 Å². The summed E-state index contributed by atoms with van der Waals surface area (Å²) < 4.78 is 65.2. The van der Waals surface area contributed by atoms with Crippen molar-refractivity contribution in [2.24, 2.45) is 0 Å². The number of nitrogens with zero attached hydrogens (tertiary/aromatic N) is 2. The van der Waals surface area contributed by atoms with Crippen LogP contribution in [0.15, 0.2) is 46.2 Å². The summed E-state index contributed by atoms with van der Waals surface area (Å²) in [7, 11) is -4.94. The Kier molecular flexibility index (Phi) is 7.09. The average Bonchev–Trinajstić information content (AvgIpc) is 2.73. The Bertz CT molecular complexity index is 1190. The van der Waals surface area contributed by atoms with Gasteiger partial charge in [-0.15, -0.1) is 0 Å². The van der Waals surface area contributed by atoms with E-state index in [1.807, 2.05) is 0 Å². The molecule has 0 radical (unpaired) electrons. The van der Waals surface area contributed by atoms with Gasteiger partial charge in [-0.1, -0.05) is 23.2 Å². The molecule has 12 heteroatoms. The van der Waals surface area contributed by atoms with Gasteiger partial charge in [-0.2, -0.15) is 8.61 Å². The third-order valence-electron chi connectivity index (χ3n) is 5.02. The van der Waals surface area contributed by atoms with Gasteiger partial charge in [-0.3, -0.25) is 0 Å². The van der Waals surface area contributed by atoms with Crippen molar-refractivity contribution in [1.82, 2.24) is 8.61 Å². The third kappa shape index (κ3) is 4.64. The Morgan fingerprint density at radius 2 is 1.32 bits per heavy atom. The molecule has 1 atom stereocenters. The number of piperazine rings is 1. The topological polar surface area (TPSA) is 93.2 Å². The van der Waals surface area contributed by atoms with Gasteiger partial charge in [-0.05, 0) is 31.2 Å². The van der Waals surface area contributed by atoms with Crippen molar-refractivity contribution in [1.29, 1.82) is 0 Å². The number of hydrogen-bond donors (Lipinski definition) is 0. The van der Waals surface area contributed by atoms with Crippen LogP contribution in [0.3, 0.4) is 0 Å². The highest BCUT2D eigenvalue weighted by atomic mass is 35.5. The number of benzene rings is 2. The summed E-state index contributed by atoms with van der Waals surface area (Å²) in [5.74, 6) is 0.488. The van der Waals surface area contributed by atoms with E-state index < -0.39 is 26.1 Å². The average molecular weight is 509 g/mol. The molecule has 0 amide bonds. The second kappa shape index (κ2) is 9.13. The first-order chi connectivity index (χ1) is 14.5. The minimum absolute atomic E-state index is 0.00156. The van der Waals surface area contributed by atoms with Gasteiger partial charge >= 0.3 is 0 Å². The Morgan fingerprint density at radius 1 is 0.839 bits per heavy atom. The highest BCUT2D eigenvalue weighted by molar-refractivity contribution is 7.89. The van der Waals surface area contributed by atoms with Crippen molar-refractivity contribution in [3.63, 3.8) is 0 Å². The maximum absolute atomic E-state index is 13.2. The molecule has 0 aliphatic carbocycles. The van der Waals surface area contributed by atoms with Crippen LogP contribution in [0.4, 0.5) is 0 Å². The van der Waals surface area contributed by atoms with Crippen molar-refractivity contribution >= 4 is 43.2 Å². The normalized spacial score (nSPS) is 18.7. The third-order valence-corrected chi connectivity index (χ3v) is 9.51. The SMILES string of the molecule is COc1cc(S(=O)(=O)N2CCN(S(=O)(=O)c3ccc(Cl)c(OC)c3)[C@@H](C)C2)ccc1Cl. The molecule has 0 saturated carbocycles. The zero-order chi connectivity index (χ0) is 23.0. The van der Waals surface area contributed by atoms with Gasteiger partial charge in [0, 0.05) is 37.8 Å². The van der Waals surface area contributed by atoms with E-state index in [2.05, 4.69) is 0 Å². The van der Waals surface area contributed by atoms with E-state index in [0.717, 1.165) is 0 Å². The number of sulfonamides is 2. The molecule has 0 spiro atoms. The lowest BCUT2D eigenvalue weighted by atomic mass is 10.3. The summed E-state index contributed by atoms with van der Waals surface area (Å²) >= 11 is 12.0. The van der Waals surface area contributed by atoms with E-state index in [9.17, 15) is 16.8 Å². The number of hydrogen-bond acceptors (Lipinski definition) is 6. The maximum Gasteiger partial charge on any atom is 0.243 e. The van der Waals surface area contributed by atoms with Gasteiger partial charge in [-0.25, -0.2) is 16.8 Å². The quantitative estimate of drug-likeness (QED) is 0.594. The molecule has 1 heterocycles. The fourth-order valence-electron chi connectivity index (χ4n) is 3.37. The number of rotatable bonds is 6. The largest absolute Gasteiger partial charge is 0.495 e. The summed E-state index contributed by atoms with van der Waals surface area (Å²) in [5.41, 5.74) is 0. The molecule has 0 bridgehead atoms. The smallest absolute Gasteiger partial charge is 0.243 e. The summed E-state index contributed by atoms with van der Waals surface area (Å²) in [6, 6.07) is 7.81. The standard InChI is InChI=1S/C19H22Cl2N2O6S2/c1-13-12-22(30(24,25)14-4-6-16(20)18(10-14)28-2)8-9-23(13)31(26,27)15-5-7-17(21)19(11-15)29-3/h4-7,10-11,13H,8-9,12H2,1-3H3/t13-/m0/s1. The fraction of sp³-hybridized carbons (Fsp3) is 0.368. The van der Waals surface area contributed by atoms with Crippen LogP contribution in [0.1, 0.15) is 6.92 Å². The van der Waals surface area contributed by atoms with E-state index >= 15 is 0 Å². The predicted molar refractivity (Wildman–Crippen MR) is 118 cm³/mol. The molecule has 1 aliphatic heterocycles.